The van der Waals surface area contributed by atoms with Gasteiger partial charge in [0.15, 0.2) is 17.5 Å². The summed E-state index contributed by atoms with van der Waals surface area (Å²) in [6, 6.07) is 12.6. The highest BCUT2D eigenvalue weighted by Crippen LogP contribution is 2.27. The Balaban J connectivity index is 1.41. The van der Waals surface area contributed by atoms with Gasteiger partial charge in [0, 0.05) is 35.9 Å². The lowest BCUT2D eigenvalue weighted by Crippen LogP contribution is -2.41. The van der Waals surface area contributed by atoms with Crippen LogP contribution in [0, 0.1) is 5.82 Å². The van der Waals surface area contributed by atoms with E-state index in [2.05, 4.69) is 20.3 Å². The molecule has 0 aliphatic carbocycles. The first kappa shape index (κ1) is 21.7. The molecular formula is C25H22FN5O3. The Kier molecular flexibility index (Phi) is 5.54. The van der Waals surface area contributed by atoms with E-state index in [1.54, 1.807) is 35.4 Å². The number of aromatic amines is 1. The number of carbonyl (C=O) groups is 1. The summed E-state index contributed by atoms with van der Waals surface area (Å²) in [6.45, 7) is 2.42. The zero-order valence-electron chi connectivity index (χ0n) is 18.4. The number of fused-ring (bicyclic) bond motifs is 2. The van der Waals surface area contributed by atoms with Crippen LogP contribution in [-0.4, -0.2) is 43.5 Å². The van der Waals surface area contributed by atoms with Crippen LogP contribution in [0.4, 0.5) is 15.9 Å². The second-order valence-corrected chi connectivity index (χ2v) is 8.29. The molecule has 0 saturated heterocycles. The topological polar surface area (TPSA) is 111 Å². The minimum atomic E-state index is -1.03. The Morgan fingerprint density at radius 1 is 1.21 bits per heavy atom. The summed E-state index contributed by atoms with van der Waals surface area (Å²) in [4.78, 5) is 36.8. The summed E-state index contributed by atoms with van der Waals surface area (Å²) in [5.41, 5.74) is 3.20. The smallest absolute Gasteiger partial charge is 0.255 e. The number of amides is 1. The van der Waals surface area contributed by atoms with Gasteiger partial charge in [0.25, 0.3) is 11.5 Å². The molecule has 3 N–H and O–H groups in total. The maximum Gasteiger partial charge on any atom is 0.255 e. The quantitative estimate of drug-likeness (QED) is 0.432. The monoisotopic (exact) mass is 459 g/mol. The van der Waals surface area contributed by atoms with Crippen LogP contribution in [0.1, 0.15) is 18.1 Å². The Hall–Kier alpha value is -4.11. The van der Waals surface area contributed by atoms with Gasteiger partial charge in [-0.05, 0) is 60.2 Å². The Morgan fingerprint density at radius 2 is 2.06 bits per heavy atom. The molecule has 1 unspecified atom stereocenters. The number of nitrogens with one attached hydrogen (secondary N) is 2. The fourth-order valence-electron chi connectivity index (χ4n) is 4.15. The molecule has 1 aliphatic rings. The number of hydrogen-bond donors (Lipinski definition) is 3. The normalized spacial score (nSPS) is 14.0. The summed E-state index contributed by atoms with van der Waals surface area (Å²) in [7, 11) is 0. The minimum absolute atomic E-state index is 0.0283. The van der Waals surface area contributed by atoms with Gasteiger partial charge < -0.3 is 20.3 Å². The number of aliphatic hydroxyl groups is 1. The van der Waals surface area contributed by atoms with Crippen molar-refractivity contribution in [2.45, 2.75) is 26.0 Å². The molecule has 8 nitrogen and oxygen atoms in total. The molecule has 1 amide bonds. The van der Waals surface area contributed by atoms with E-state index in [1.165, 1.54) is 6.92 Å². The van der Waals surface area contributed by atoms with E-state index in [9.17, 15) is 19.1 Å². The van der Waals surface area contributed by atoms with Crippen LogP contribution in [0.15, 0.2) is 59.7 Å². The Bertz CT molecular complexity index is 1470. The van der Waals surface area contributed by atoms with Crippen LogP contribution < -0.4 is 10.9 Å². The predicted molar refractivity (Wildman–Crippen MR) is 126 cm³/mol. The van der Waals surface area contributed by atoms with E-state index in [-0.39, 0.29) is 17.3 Å². The van der Waals surface area contributed by atoms with Gasteiger partial charge in [-0.15, -0.1) is 0 Å². The Labute approximate surface area is 194 Å². The fourth-order valence-corrected chi connectivity index (χ4v) is 4.15. The van der Waals surface area contributed by atoms with Crippen molar-refractivity contribution in [2.75, 3.05) is 11.9 Å². The SMILES string of the molecule is CC(O)C(=O)N1CCc2cc(-c3ncc(F)c(Nc4ccc5c(=O)[nH]ccc5c4)n3)ccc2C1. The van der Waals surface area contributed by atoms with Gasteiger partial charge >= 0.3 is 0 Å². The number of aliphatic hydroxyl groups excluding tert-OH is 1. The number of hydrogen-bond acceptors (Lipinski definition) is 6. The molecule has 0 radical (unpaired) electrons. The highest BCUT2D eigenvalue weighted by molar-refractivity contribution is 5.85. The largest absolute Gasteiger partial charge is 0.384 e. The van der Waals surface area contributed by atoms with E-state index in [0.717, 1.165) is 28.3 Å². The molecule has 4 aromatic rings. The maximum atomic E-state index is 14.5. The zero-order chi connectivity index (χ0) is 23.8. The molecule has 0 spiro atoms. The van der Waals surface area contributed by atoms with E-state index in [0.29, 0.717) is 36.4 Å². The molecular weight excluding hydrogens is 437 g/mol. The first-order valence-electron chi connectivity index (χ1n) is 10.9. The van der Waals surface area contributed by atoms with Crippen LogP contribution in [0.3, 0.4) is 0 Å². The third kappa shape index (κ3) is 4.13. The van der Waals surface area contributed by atoms with Gasteiger partial charge in [-0.25, -0.2) is 14.4 Å². The molecule has 172 valence electrons. The Morgan fingerprint density at radius 3 is 2.88 bits per heavy atom. The molecule has 3 heterocycles. The molecule has 5 rings (SSSR count). The number of halogens is 1. The number of pyridine rings is 1. The van der Waals surface area contributed by atoms with Gasteiger partial charge in [0.1, 0.15) is 6.10 Å². The molecule has 2 aromatic carbocycles. The molecule has 0 bridgehead atoms. The lowest BCUT2D eigenvalue weighted by molar-refractivity contribution is -0.140. The van der Waals surface area contributed by atoms with E-state index < -0.39 is 11.9 Å². The summed E-state index contributed by atoms with van der Waals surface area (Å²) in [5.74, 6) is -0.488. The summed E-state index contributed by atoms with van der Waals surface area (Å²) >= 11 is 0. The lowest BCUT2D eigenvalue weighted by atomic mass is 9.96. The number of nitrogens with zero attached hydrogens (tertiary/aromatic N) is 3. The third-order valence-corrected chi connectivity index (χ3v) is 5.93. The van der Waals surface area contributed by atoms with E-state index >= 15 is 0 Å². The number of anilines is 2. The molecule has 9 heteroatoms. The summed E-state index contributed by atoms with van der Waals surface area (Å²) in [5, 5.41) is 13.8. The molecule has 1 atom stereocenters. The van der Waals surface area contributed by atoms with Gasteiger partial charge in [0.05, 0.1) is 6.20 Å². The van der Waals surface area contributed by atoms with Crippen LogP contribution in [0.25, 0.3) is 22.2 Å². The first-order chi connectivity index (χ1) is 16.4. The minimum Gasteiger partial charge on any atom is -0.384 e. The molecule has 2 aromatic heterocycles. The standard InChI is InChI=1S/C25H22FN5O3/c1-14(32)25(34)31-9-7-15-10-17(2-3-18(15)13-31)22-28-12-21(26)23(30-22)29-19-4-5-20-16(11-19)6-8-27-24(20)33/h2-6,8,10-12,14,32H,7,9,13H2,1H3,(H,27,33)(H,28,29,30). The maximum absolute atomic E-state index is 14.5. The number of carbonyl (C=O) groups excluding carboxylic acids is 1. The van der Waals surface area contributed by atoms with Crippen molar-refractivity contribution in [1.29, 1.82) is 0 Å². The highest BCUT2D eigenvalue weighted by atomic mass is 19.1. The zero-order valence-corrected chi connectivity index (χ0v) is 18.4. The second-order valence-electron chi connectivity index (χ2n) is 8.29. The second kappa shape index (κ2) is 8.68. The van der Waals surface area contributed by atoms with Crippen molar-refractivity contribution in [2.24, 2.45) is 0 Å². The third-order valence-electron chi connectivity index (χ3n) is 5.93. The highest BCUT2D eigenvalue weighted by Gasteiger charge is 2.24. The molecule has 34 heavy (non-hydrogen) atoms. The average Bonchev–Trinajstić information content (AvgIpc) is 2.84. The van der Waals surface area contributed by atoms with Crippen LogP contribution in [0.5, 0.6) is 0 Å². The van der Waals surface area contributed by atoms with Crippen molar-refractivity contribution in [3.8, 4) is 11.4 Å². The lowest BCUT2D eigenvalue weighted by Gasteiger charge is -2.30. The van der Waals surface area contributed by atoms with Gasteiger partial charge in [-0.2, -0.15) is 0 Å². The van der Waals surface area contributed by atoms with Gasteiger partial charge in [0.2, 0.25) is 0 Å². The van der Waals surface area contributed by atoms with Crippen molar-refractivity contribution in [1.82, 2.24) is 19.9 Å². The van der Waals surface area contributed by atoms with Crippen molar-refractivity contribution in [3.05, 3.63) is 82.2 Å². The molecule has 0 saturated carbocycles. The molecule has 1 aliphatic heterocycles. The number of rotatable bonds is 4. The average molecular weight is 459 g/mol. The van der Waals surface area contributed by atoms with Crippen LogP contribution in [0.2, 0.25) is 0 Å². The van der Waals surface area contributed by atoms with E-state index in [1.807, 2.05) is 18.2 Å². The van der Waals surface area contributed by atoms with Crippen molar-refractivity contribution in [3.63, 3.8) is 0 Å². The summed E-state index contributed by atoms with van der Waals surface area (Å²) < 4.78 is 14.5. The van der Waals surface area contributed by atoms with Gasteiger partial charge in [-0.1, -0.05) is 12.1 Å². The van der Waals surface area contributed by atoms with Gasteiger partial charge in [-0.3, -0.25) is 9.59 Å². The first-order valence-corrected chi connectivity index (χ1v) is 10.9. The number of benzene rings is 2. The summed E-state index contributed by atoms with van der Waals surface area (Å²) in [6.07, 6.45) is 2.30. The van der Waals surface area contributed by atoms with Crippen LogP contribution in [-0.2, 0) is 17.8 Å². The number of aromatic nitrogens is 3. The fraction of sp³-hybridized carbons (Fsp3) is 0.200. The van der Waals surface area contributed by atoms with E-state index in [4.69, 9.17) is 0 Å². The van der Waals surface area contributed by atoms with Crippen LogP contribution >= 0.6 is 0 Å². The number of H-pyrrole nitrogens is 1. The molecule has 0 fully saturated rings. The predicted octanol–water partition coefficient (Wildman–Crippen LogP) is 3.13. The van der Waals surface area contributed by atoms with Crippen molar-refractivity contribution >= 4 is 28.2 Å². The van der Waals surface area contributed by atoms with Crippen molar-refractivity contribution < 1.29 is 14.3 Å².